The summed E-state index contributed by atoms with van der Waals surface area (Å²) in [5.41, 5.74) is 1.09. The molecule has 152 valence electrons. The highest BCUT2D eigenvalue weighted by Gasteiger charge is 2.27. The molecule has 1 heterocycles. The van der Waals surface area contributed by atoms with Crippen LogP contribution in [-0.4, -0.2) is 5.91 Å². The predicted molar refractivity (Wildman–Crippen MR) is 98.8 cm³/mol. The molecule has 0 atom stereocenters. The van der Waals surface area contributed by atoms with Gasteiger partial charge in [0.1, 0.15) is 18.0 Å². The molecule has 9 heteroatoms. The lowest BCUT2D eigenvalue weighted by molar-refractivity contribution is 0.102. The molecule has 1 aromatic heterocycles. The SMILES string of the molecule is Cc1cccc(C)c1OCc1csc(C(=O)Nc2c(F)c(F)c(F)c(F)c2F)c1. The van der Waals surface area contributed by atoms with Crippen LogP contribution in [0.4, 0.5) is 27.6 Å². The van der Waals surface area contributed by atoms with Crippen molar-refractivity contribution < 1.29 is 31.5 Å². The minimum absolute atomic E-state index is 0.0223. The Labute approximate surface area is 166 Å². The van der Waals surface area contributed by atoms with Gasteiger partial charge in [-0.2, -0.15) is 0 Å². The second-order valence-electron chi connectivity index (χ2n) is 6.23. The van der Waals surface area contributed by atoms with Crippen LogP contribution >= 0.6 is 11.3 Å². The van der Waals surface area contributed by atoms with E-state index >= 15 is 0 Å². The largest absolute Gasteiger partial charge is 0.488 e. The number of carbonyl (C=O) groups excluding carboxylic acids is 1. The normalized spacial score (nSPS) is 10.9. The van der Waals surface area contributed by atoms with Gasteiger partial charge in [-0.3, -0.25) is 4.79 Å². The Hall–Kier alpha value is -2.94. The Morgan fingerprint density at radius 1 is 0.966 bits per heavy atom. The zero-order valence-corrected chi connectivity index (χ0v) is 16.0. The number of benzene rings is 2. The van der Waals surface area contributed by atoms with Gasteiger partial charge >= 0.3 is 0 Å². The molecule has 0 aliphatic carbocycles. The average molecular weight is 427 g/mol. The standard InChI is InChI=1S/C20H14F5NO2S/c1-9-4-3-5-10(2)19(9)28-7-11-6-12(29-8-11)20(27)26-18-16(24)14(22)13(21)15(23)17(18)25/h3-6,8H,7H2,1-2H3,(H,26,27). The molecule has 29 heavy (non-hydrogen) atoms. The summed E-state index contributed by atoms with van der Waals surface area (Å²) in [6.07, 6.45) is 0. The zero-order chi connectivity index (χ0) is 21.3. The minimum Gasteiger partial charge on any atom is -0.488 e. The van der Waals surface area contributed by atoms with Gasteiger partial charge in [0.05, 0.1) is 4.88 Å². The van der Waals surface area contributed by atoms with Gasteiger partial charge in [-0.1, -0.05) is 18.2 Å². The smallest absolute Gasteiger partial charge is 0.265 e. The lowest BCUT2D eigenvalue weighted by Crippen LogP contribution is -2.16. The summed E-state index contributed by atoms with van der Waals surface area (Å²) in [5, 5.41) is 3.34. The van der Waals surface area contributed by atoms with Crippen LogP contribution in [0, 0.1) is 42.9 Å². The van der Waals surface area contributed by atoms with Crippen LogP contribution in [-0.2, 0) is 6.61 Å². The molecular weight excluding hydrogens is 413 g/mol. The van der Waals surface area contributed by atoms with E-state index in [1.807, 2.05) is 32.0 Å². The Morgan fingerprint density at radius 3 is 2.10 bits per heavy atom. The first-order valence-electron chi connectivity index (χ1n) is 8.30. The highest BCUT2D eigenvalue weighted by atomic mass is 32.1. The third-order valence-electron chi connectivity index (χ3n) is 4.12. The number of nitrogens with one attached hydrogen (secondary N) is 1. The first-order valence-corrected chi connectivity index (χ1v) is 9.17. The van der Waals surface area contributed by atoms with Gasteiger partial charge in [-0.05, 0) is 36.4 Å². The third-order valence-corrected chi connectivity index (χ3v) is 5.10. The number of aryl methyl sites for hydroxylation is 2. The van der Waals surface area contributed by atoms with E-state index in [-0.39, 0.29) is 11.5 Å². The van der Waals surface area contributed by atoms with Gasteiger partial charge in [0.25, 0.3) is 5.91 Å². The van der Waals surface area contributed by atoms with Gasteiger partial charge in [-0.15, -0.1) is 11.3 Å². The lowest BCUT2D eigenvalue weighted by atomic mass is 10.1. The zero-order valence-electron chi connectivity index (χ0n) is 15.2. The number of amides is 1. The van der Waals surface area contributed by atoms with Gasteiger partial charge in [0.2, 0.25) is 5.82 Å². The Balaban J connectivity index is 1.75. The molecule has 3 rings (SSSR count). The molecule has 1 N–H and O–H groups in total. The molecule has 2 aromatic carbocycles. The number of anilines is 1. The molecule has 0 aliphatic heterocycles. The summed E-state index contributed by atoms with van der Waals surface area (Å²) in [5.74, 6) is -11.1. The third kappa shape index (κ3) is 4.09. The summed E-state index contributed by atoms with van der Waals surface area (Å²) < 4.78 is 72.8. The van der Waals surface area contributed by atoms with E-state index in [1.54, 1.807) is 10.7 Å². The molecule has 3 nitrogen and oxygen atoms in total. The van der Waals surface area contributed by atoms with Crippen LogP contribution in [0.15, 0.2) is 29.6 Å². The summed E-state index contributed by atoms with van der Waals surface area (Å²) in [6.45, 7) is 3.91. The van der Waals surface area contributed by atoms with Crippen LogP contribution in [0.1, 0.15) is 26.4 Å². The first kappa shape index (κ1) is 20.8. The van der Waals surface area contributed by atoms with E-state index in [1.165, 1.54) is 6.07 Å². The van der Waals surface area contributed by atoms with Gasteiger partial charge in [0, 0.05) is 5.56 Å². The molecular formula is C20H14F5NO2S. The van der Waals surface area contributed by atoms with Gasteiger partial charge in [-0.25, -0.2) is 22.0 Å². The molecule has 1 amide bonds. The fraction of sp³-hybridized carbons (Fsp3) is 0.150. The van der Waals surface area contributed by atoms with Crippen molar-refractivity contribution in [1.29, 1.82) is 0 Å². The average Bonchev–Trinajstić information content (AvgIpc) is 3.17. The molecule has 0 aliphatic rings. The fourth-order valence-electron chi connectivity index (χ4n) is 2.64. The molecule has 0 spiro atoms. The monoisotopic (exact) mass is 427 g/mol. The Kier molecular flexibility index (Phi) is 5.88. The van der Waals surface area contributed by atoms with E-state index < -0.39 is 40.7 Å². The maximum Gasteiger partial charge on any atom is 0.265 e. The molecule has 0 fully saturated rings. The quantitative estimate of drug-likeness (QED) is 0.313. The van der Waals surface area contributed by atoms with E-state index in [0.29, 0.717) is 11.3 Å². The van der Waals surface area contributed by atoms with Crippen molar-refractivity contribution in [2.24, 2.45) is 0 Å². The second-order valence-corrected chi connectivity index (χ2v) is 7.14. The summed E-state index contributed by atoms with van der Waals surface area (Å²) in [7, 11) is 0. The molecule has 0 bridgehead atoms. The van der Waals surface area contributed by atoms with Gasteiger partial charge in [0.15, 0.2) is 23.3 Å². The first-order chi connectivity index (χ1) is 13.7. The fourth-order valence-corrected chi connectivity index (χ4v) is 3.43. The van der Waals surface area contributed by atoms with Crippen molar-refractivity contribution in [2.75, 3.05) is 5.32 Å². The molecule has 0 saturated carbocycles. The van der Waals surface area contributed by atoms with Crippen molar-refractivity contribution >= 4 is 22.9 Å². The molecule has 0 saturated heterocycles. The van der Waals surface area contributed by atoms with Crippen LogP contribution in [0.25, 0.3) is 0 Å². The number of ether oxygens (including phenoxy) is 1. The highest BCUT2D eigenvalue weighted by molar-refractivity contribution is 7.12. The second kappa shape index (κ2) is 8.20. The maximum absolute atomic E-state index is 13.7. The topological polar surface area (TPSA) is 38.3 Å². The summed E-state index contributed by atoms with van der Waals surface area (Å²) in [4.78, 5) is 12.2. The number of thiophene rings is 1. The maximum atomic E-state index is 13.7. The van der Waals surface area contributed by atoms with Crippen LogP contribution in [0.2, 0.25) is 0 Å². The number of rotatable bonds is 5. The number of carbonyl (C=O) groups is 1. The highest BCUT2D eigenvalue weighted by Crippen LogP contribution is 2.29. The summed E-state index contributed by atoms with van der Waals surface area (Å²) in [6, 6.07) is 7.08. The molecule has 3 aromatic rings. The van der Waals surface area contributed by atoms with E-state index in [2.05, 4.69) is 0 Å². The number of hydrogen-bond donors (Lipinski definition) is 1. The predicted octanol–water partition coefficient (Wildman–Crippen LogP) is 5.89. The van der Waals surface area contributed by atoms with Crippen LogP contribution in [0.3, 0.4) is 0 Å². The van der Waals surface area contributed by atoms with Crippen LogP contribution < -0.4 is 10.1 Å². The van der Waals surface area contributed by atoms with Crippen molar-refractivity contribution in [3.05, 3.63) is 80.3 Å². The minimum atomic E-state index is -2.29. The van der Waals surface area contributed by atoms with Crippen molar-refractivity contribution in [2.45, 2.75) is 20.5 Å². The van der Waals surface area contributed by atoms with E-state index in [4.69, 9.17) is 4.74 Å². The molecule has 0 radical (unpaired) electrons. The van der Waals surface area contributed by atoms with Gasteiger partial charge < -0.3 is 10.1 Å². The van der Waals surface area contributed by atoms with E-state index in [9.17, 15) is 26.7 Å². The number of hydrogen-bond acceptors (Lipinski definition) is 3. The lowest BCUT2D eigenvalue weighted by Gasteiger charge is -2.11. The number of para-hydroxylation sites is 1. The summed E-state index contributed by atoms with van der Waals surface area (Å²) >= 11 is 0.945. The Bertz CT molecular complexity index is 1050. The van der Waals surface area contributed by atoms with Crippen molar-refractivity contribution in [3.63, 3.8) is 0 Å². The van der Waals surface area contributed by atoms with Crippen molar-refractivity contribution in [3.8, 4) is 5.75 Å². The van der Waals surface area contributed by atoms with Crippen molar-refractivity contribution in [1.82, 2.24) is 0 Å². The van der Waals surface area contributed by atoms with Crippen LogP contribution in [0.5, 0.6) is 5.75 Å². The molecule has 0 unspecified atom stereocenters. The Morgan fingerprint density at radius 2 is 1.52 bits per heavy atom. The number of halogens is 5. The van der Waals surface area contributed by atoms with E-state index in [0.717, 1.165) is 22.5 Å².